The van der Waals surface area contributed by atoms with E-state index in [2.05, 4.69) is 26.0 Å². The third-order valence-corrected chi connectivity index (χ3v) is 4.38. The van der Waals surface area contributed by atoms with Crippen molar-refractivity contribution in [2.75, 3.05) is 0 Å². The molecule has 0 unspecified atom stereocenters. The number of hydrogen-bond donors (Lipinski definition) is 1. The SMILES string of the molecule is CCCCc1c(-c2ccccc2C)nn(-c2cccc(C)c2)c1O. The van der Waals surface area contributed by atoms with E-state index in [0.717, 1.165) is 47.3 Å². The lowest BCUT2D eigenvalue weighted by molar-refractivity contribution is 0.427. The van der Waals surface area contributed by atoms with E-state index in [0.29, 0.717) is 0 Å². The molecule has 0 spiro atoms. The average Bonchev–Trinajstić information content (AvgIpc) is 2.90. The maximum absolute atomic E-state index is 10.8. The third-order valence-electron chi connectivity index (χ3n) is 4.38. The Morgan fingerprint density at radius 3 is 2.54 bits per heavy atom. The molecule has 0 radical (unpaired) electrons. The van der Waals surface area contributed by atoms with Gasteiger partial charge in [0.1, 0.15) is 5.69 Å². The molecule has 3 heteroatoms. The molecule has 3 nitrogen and oxygen atoms in total. The Balaban J connectivity index is 2.18. The average molecular weight is 320 g/mol. The fourth-order valence-corrected chi connectivity index (χ4v) is 3.02. The molecule has 0 amide bonds. The van der Waals surface area contributed by atoms with E-state index < -0.39 is 0 Å². The first-order valence-corrected chi connectivity index (χ1v) is 8.55. The van der Waals surface area contributed by atoms with E-state index in [1.807, 2.05) is 43.3 Å². The maximum atomic E-state index is 10.8. The molecule has 0 aliphatic heterocycles. The minimum Gasteiger partial charge on any atom is -0.493 e. The van der Waals surface area contributed by atoms with Gasteiger partial charge in [0, 0.05) is 11.1 Å². The summed E-state index contributed by atoms with van der Waals surface area (Å²) in [7, 11) is 0. The second-order valence-corrected chi connectivity index (χ2v) is 6.32. The molecule has 0 aliphatic carbocycles. The number of aromatic nitrogens is 2. The van der Waals surface area contributed by atoms with Crippen LogP contribution < -0.4 is 0 Å². The molecule has 124 valence electrons. The van der Waals surface area contributed by atoms with Crippen LogP contribution in [-0.4, -0.2) is 14.9 Å². The number of hydrogen-bond acceptors (Lipinski definition) is 2. The van der Waals surface area contributed by atoms with E-state index in [1.54, 1.807) is 4.68 Å². The summed E-state index contributed by atoms with van der Waals surface area (Å²) in [5, 5.41) is 15.6. The summed E-state index contributed by atoms with van der Waals surface area (Å²) >= 11 is 0. The zero-order chi connectivity index (χ0) is 17.1. The van der Waals surface area contributed by atoms with Crippen molar-refractivity contribution in [3.63, 3.8) is 0 Å². The Bertz CT molecular complexity index is 849. The zero-order valence-electron chi connectivity index (χ0n) is 14.6. The van der Waals surface area contributed by atoms with Gasteiger partial charge in [-0.15, -0.1) is 0 Å². The van der Waals surface area contributed by atoms with Gasteiger partial charge in [-0.25, -0.2) is 4.68 Å². The van der Waals surface area contributed by atoms with Crippen molar-refractivity contribution in [1.82, 2.24) is 9.78 Å². The first kappa shape index (κ1) is 16.3. The van der Waals surface area contributed by atoms with Crippen molar-refractivity contribution in [2.24, 2.45) is 0 Å². The van der Waals surface area contributed by atoms with Crippen LogP contribution in [0.4, 0.5) is 0 Å². The van der Waals surface area contributed by atoms with Gasteiger partial charge in [0.25, 0.3) is 0 Å². The van der Waals surface area contributed by atoms with E-state index >= 15 is 0 Å². The molecule has 3 aromatic rings. The lowest BCUT2D eigenvalue weighted by atomic mass is 10.00. The van der Waals surface area contributed by atoms with E-state index in [4.69, 9.17) is 5.10 Å². The van der Waals surface area contributed by atoms with Gasteiger partial charge >= 0.3 is 0 Å². The van der Waals surface area contributed by atoms with Crippen molar-refractivity contribution < 1.29 is 5.11 Å². The van der Waals surface area contributed by atoms with Gasteiger partial charge in [-0.2, -0.15) is 5.10 Å². The highest BCUT2D eigenvalue weighted by atomic mass is 16.3. The quantitative estimate of drug-likeness (QED) is 0.701. The summed E-state index contributed by atoms with van der Waals surface area (Å²) in [4.78, 5) is 0. The summed E-state index contributed by atoms with van der Waals surface area (Å²) in [5.41, 5.74) is 6.13. The van der Waals surface area contributed by atoms with Crippen LogP contribution in [0.1, 0.15) is 36.5 Å². The van der Waals surface area contributed by atoms with Gasteiger partial charge in [0.15, 0.2) is 0 Å². The van der Waals surface area contributed by atoms with Gasteiger partial charge in [-0.05, 0) is 49.9 Å². The van der Waals surface area contributed by atoms with Crippen LogP contribution in [0.5, 0.6) is 5.88 Å². The minimum atomic E-state index is 0.257. The molecule has 3 rings (SSSR count). The Morgan fingerprint density at radius 2 is 1.83 bits per heavy atom. The number of aromatic hydroxyl groups is 1. The summed E-state index contributed by atoms with van der Waals surface area (Å²) in [6.07, 6.45) is 2.95. The van der Waals surface area contributed by atoms with E-state index in [1.165, 1.54) is 5.56 Å². The van der Waals surface area contributed by atoms with Crippen LogP contribution >= 0.6 is 0 Å². The van der Waals surface area contributed by atoms with Gasteiger partial charge in [-0.3, -0.25) is 0 Å². The molecule has 1 N–H and O–H groups in total. The first-order valence-electron chi connectivity index (χ1n) is 8.55. The minimum absolute atomic E-state index is 0.257. The first-order chi connectivity index (χ1) is 11.6. The molecule has 1 aromatic heterocycles. The van der Waals surface area contributed by atoms with Crippen LogP contribution in [0.3, 0.4) is 0 Å². The van der Waals surface area contributed by atoms with Crippen molar-refractivity contribution in [2.45, 2.75) is 40.0 Å². The predicted octanol–water partition coefficient (Wildman–Crippen LogP) is 5.20. The molecule has 0 bridgehead atoms. The van der Waals surface area contributed by atoms with Crippen molar-refractivity contribution in [3.05, 3.63) is 65.2 Å². The largest absolute Gasteiger partial charge is 0.493 e. The van der Waals surface area contributed by atoms with Gasteiger partial charge in [-0.1, -0.05) is 49.7 Å². The highest BCUT2D eigenvalue weighted by Crippen LogP contribution is 2.34. The summed E-state index contributed by atoms with van der Waals surface area (Å²) in [5.74, 6) is 0.257. The highest BCUT2D eigenvalue weighted by Gasteiger charge is 2.20. The Labute approximate surface area is 143 Å². The van der Waals surface area contributed by atoms with Gasteiger partial charge in [0.2, 0.25) is 5.88 Å². The molecular formula is C21H24N2O. The second-order valence-electron chi connectivity index (χ2n) is 6.32. The van der Waals surface area contributed by atoms with E-state index in [-0.39, 0.29) is 5.88 Å². The van der Waals surface area contributed by atoms with Gasteiger partial charge < -0.3 is 5.11 Å². The molecular weight excluding hydrogens is 296 g/mol. The van der Waals surface area contributed by atoms with E-state index in [9.17, 15) is 5.11 Å². The number of nitrogens with zero attached hydrogens (tertiary/aromatic N) is 2. The summed E-state index contributed by atoms with van der Waals surface area (Å²) in [6.45, 7) is 6.29. The molecule has 0 saturated heterocycles. The highest BCUT2D eigenvalue weighted by molar-refractivity contribution is 5.69. The molecule has 0 atom stereocenters. The van der Waals surface area contributed by atoms with Crippen LogP contribution in [0.2, 0.25) is 0 Å². The third kappa shape index (κ3) is 3.07. The van der Waals surface area contributed by atoms with Crippen molar-refractivity contribution in [3.8, 4) is 22.8 Å². The Hall–Kier alpha value is -2.55. The van der Waals surface area contributed by atoms with Crippen LogP contribution in [0.25, 0.3) is 16.9 Å². The van der Waals surface area contributed by atoms with Crippen LogP contribution in [0, 0.1) is 13.8 Å². The monoisotopic (exact) mass is 320 g/mol. The standard InChI is InChI=1S/C21H24N2O/c1-4-5-12-19-20(18-13-7-6-10-16(18)3)22-23(21(19)24)17-11-8-9-15(2)14-17/h6-11,13-14,24H,4-5,12H2,1-3H3. The molecule has 0 saturated carbocycles. The predicted molar refractivity (Wildman–Crippen MR) is 98.8 cm³/mol. The van der Waals surface area contributed by atoms with Gasteiger partial charge in [0.05, 0.1) is 5.69 Å². The lowest BCUT2D eigenvalue weighted by Gasteiger charge is -2.05. The molecule has 24 heavy (non-hydrogen) atoms. The van der Waals surface area contributed by atoms with Crippen LogP contribution in [0.15, 0.2) is 48.5 Å². The van der Waals surface area contributed by atoms with Crippen molar-refractivity contribution >= 4 is 0 Å². The number of aryl methyl sites for hydroxylation is 2. The van der Waals surface area contributed by atoms with Crippen LogP contribution in [-0.2, 0) is 6.42 Å². The summed E-state index contributed by atoms with van der Waals surface area (Å²) in [6, 6.07) is 16.3. The Kier molecular flexibility index (Phi) is 4.70. The fourth-order valence-electron chi connectivity index (χ4n) is 3.02. The Morgan fingerprint density at radius 1 is 1.04 bits per heavy atom. The molecule has 0 fully saturated rings. The smallest absolute Gasteiger partial charge is 0.218 e. The molecule has 1 heterocycles. The topological polar surface area (TPSA) is 38.0 Å². The lowest BCUT2D eigenvalue weighted by Crippen LogP contribution is -1.96. The summed E-state index contributed by atoms with van der Waals surface area (Å²) < 4.78 is 1.67. The normalized spacial score (nSPS) is 11.0. The fraction of sp³-hybridized carbons (Fsp3) is 0.286. The molecule has 0 aliphatic rings. The maximum Gasteiger partial charge on any atom is 0.218 e. The number of benzene rings is 2. The number of unbranched alkanes of at least 4 members (excludes halogenated alkanes) is 1. The molecule has 2 aromatic carbocycles. The zero-order valence-corrected chi connectivity index (χ0v) is 14.6. The van der Waals surface area contributed by atoms with Crippen molar-refractivity contribution in [1.29, 1.82) is 0 Å². The number of rotatable bonds is 5. The second kappa shape index (κ2) is 6.91.